The largest absolute Gasteiger partial charge is 0.355 e. The van der Waals surface area contributed by atoms with E-state index in [0.717, 1.165) is 19.5 Å². The SMILES string of the molecule is Cc1ccccc1C(CN)N1CCCNC(=O)C1. The number of hydrogen-bond donors (Lipinski definition) is 2. The molecule has 0 saturated carbocycles. The van der Waals surface area contributed by atoms with Gasteiger partial charge in [0.05, 0.1) is 6.54 Å². The average molecular weight is 247 g/mol. The van der Waals surface area contributed by atoms with Gasteiger partial charge in [-0.05, 0) is 24.5 Å². The van der Waals surface area contributed by atoms with E-state index in [4.69, 9.17) is 5.73 Å². The standard InChI is InChI=1S/C14H21N3O/c1-11-5-2-3-6-12(11)13(9-15)17-8-4-7-16-14(18)10-17/h2-3,5-6,13H,4,7-10,15H2,1H3,(H,16,18). The van der Waals surface area contributed by atoms with Crippen molar-refractivity contribution in [1.29, 1.82) is 0 Å². The van der Waals surface area contributed by atoms with Crippen LogP contribution in [0.2, 0.25) is 0 Å². The molecule has 0 aromatic heterocycles. The van der Waals surface area contributed by atoms with E-state index in [-0.39, 0.29) is 11.9 Å². The molecule has 3 N–H and O–H groups in total. The topological polar surface area (TPSA) is 58.4 Å². The molecular formula is C14H21N3O. The van der Waals surface area contributed by atoms with Gasteiger partial charge in [-0.1, -0.05) is 24.3 Å². The Labute approximate surface area is 108 Å². The molecule has 2 rings (SSSR count). The third-order valence-corrected chi connectivity index (χ3v) is 3.50. The number of carbonyl (C=O) groups excluding carboxylic acids is 1. The highest BCUT2D eigenvalue weighted by Crippen LogP contribution is 2.23. The van der Waals surface area contributed by atoms with Crippen LogP contribution in [-0.2, 0) is 4.79 Å². The fourth-order valence-corrected chi connectivity index (χ4v) is 2.53. The van der Waals surface area contributed by atoms with Crippen molar-refractivity contribution in [2.45, 2.75) is 19.4 Å². The van der Waals surface area contributed by atoms with Crippen molar-refractivity contribution < 1.29 is 4.79 Å². The van der Waals surface area contributed by atoms with Crippen LogP contribution in [0.25, 0.3) is 0 Å². The number of carbonyl (C=O) groups is 1. The quantitative estimate of drug-likeness (QED) is 0.831. The Balaban J connectivity index is 2.22. The third-order valence-electron chi connectivity index (χ3n) is 3.50. The van der Waals surface area contributed by atoms with E-state index in [9.17, 15) is 4.79 Å². The molecule has 0 spiro atoms. The monoisotopic (exact) mass is 247 g/mol. The first kappa shape index (κ1) is 13.1. The van der Waals surface area contributed by atoms with E-state index in [0.29, 0.717) is 13.1 Å². The molecule has 18 heavy (non-hydrogen) atoms. The molecule has 1 aliphatic heterocycles. The van der Waals surface area contributed by atoms with Crippen molar-refractivity contribution in [2.75, 3.05) is 26.2 Å². The summed E-state index contributed by atoms with van der Waals surface area (Å²) in [5.74, 6) is 0.0968. The average Bonchev–Trinajstić information content (AvgIpc) is 2.57. The van der Waals surface area contributed by atoms with Crippen molar-refractivity contribution in [1.82, 2.24) is 10.2 Å². The Hall–Kier alpha value is -1.39. The Morgan fingerprint density at radius 2 is 2.22 bits per heavy atom. The number of nitrogens with two attached hydrogens (primary N) is 1. The molecular weight excluding hydrogens is 226 g/mol. The smallest absolute Gasteiger partial charge is 0.234 e. The maximum absolute atomic E-state index is 11.6. The second-order valence-electron chi connectivity index (χ2n) is 4.78. The molecule has 0 radical (unpaired) electrons. The van der Waals surface area contributed by atoms with Gasteiger partial charge in [-0.25, -0.2) is 0 Å². The summed E-state index contributed by atoms with van der Waals surface area (Å²) >= 11 is 0. The Morgan fingerprint density at radius 1 is 1.44 bits per heavy atom. The van der Waals surface area contributed by atoms with Gasteiger partial charge in [0.1, 0.15) is 0 Å². The Kier molecular flexibility index (Phi) is 4.33. The minimum absolute atomic E-state index is 0.0968. The number of amides is 1. The van der Waals surface area contributed by atoms with Crippen LogP contribution in [0.3, 0.4) is 0 Å². The van der Waals surface area contributed by atoms with Crippen molar-refractivity contribution in [3.63, 3.8) is 0 Å². The third kappa shape index (κ3) is 2.89. The lowest BCUT2D eigenvalue weighted by atomic mass is 10.00. The van der Waals surface area contributed by atoms with Gasteiger partial charge < -0.3 is 11.1 Å². The summed E-state index contributed by atoms with van der Waals surface area (Å²) in [6.45, 7) is 4.75. The van der Waals surface area contributed by atoms with Crippen molar-refractivity contribution >= 4 is 5.91 Å². The molecule has 1 fully saturated rings. The predicted octanol–water partition coefficient (Wildman–Crippen LogP) is 0.817. The first-order valence-corrected chi connectivity index (χ1v) is 6.48. The number of aryl methyl sites for hydroxylation is 1. The van der Waals surface area contributed by atoms with Crippen LogP contribution in [-0.4, -0.2) is 37.0 Å². The fraction of sp³-hybridized carbons (Fsp3) is 0.500. The minimum atomic E-state index is 0.0968. The highest BCUT2D eigenvalue weighted by molar-refractivity contribution is 5.78. The molecule has 1 aliphatic rings. The van der Waals surface area contributed by atoms with Crippen LogP contribution in [0.15, 0.2) is 24.3 Å². The van der Waals surface area contributed by atoms with Gasteiger partial charge in [0, 0.05) is 25.7 Å². The first-order chi connectivity index (χ1) is 8.72. The van der Waals surface area contributed by atoms with Gasteiger partial charge in [-0.2, -0.15) is 0 Å². The molecule has 0 bridgehead atoms. The second kappa shape index (κ2) is 5.98. The minimum Gasteiger partial charge on any atom is -0.355 e. The summed E-state index contributed by atoms with van der Waals surface area (Å²) in [4.78, 5) is 13.8. The number of nitrogens with zero attached hydrogens (tertiary/aromatic N) is 1. The van der Waals surface area contributed by atoms with Crippen LogP contribution < -0.4 is 11.1 Å². The van der Waals surface area contributed by atoms with Crippen molar-refractivity contribution in [3.05, 3.63) is 35.4 Å². The summed E-state index contributed by atoms with van der Waals surface area (Å²) in [7, 11) is 0. The van der Waals surface area contributed by atoms with Crippen LogP contribution in [0, 0.1) is 6.92 Å². The maximum atomic E-state index is 11.6. The zero-order valence-electron chi connectivity index (χ0n) is 10.9. The van der Waals surface area contributed by atoms with E-state index >= 15 is 0 Å². The van der Waals surface area contributed by atoms with E-state index in [2.05, 4.69) is 29.3 Å². The number of hydrogen-bond acceptors (Lipinski definition) is 3. The maximum Gasteiger partial charge on any atom is 0.234 e. The molecule has 1 amide bonds. The van der Waals surface area contributed by atoms with Gasteiger partial charge >= 0.3 is 0 Å². The summed E-state index contributed by atoms with van der Waals surface area (Å²) in [5.41, 5.74) is 8.39. The first-order valence-electron chi connectivity index (χ1n) is 6.48. The van der Waals surface area contributed by atoms with Gasteiger partial charge in [-0.15, -0.1) is 0 Å². The van der Waals surface area contributed by atoms with Crippen LogP contribution in [0.5, 0.6) is 0 Å². The zero-order valence-corrected chi connectivity index (χ0v) is 10.9. The highest BCUT2D eigenvalue weighted by Gasteiger charge is 2.23. The van der Waals surface area contributed by atoms with Gasteiger partial charge in [0.15, 0.2) is 0 Å². The van der Waals surface area contributed by atoms with E-state index in [1.54, 1.807) is 0 Å². The molecule has 1 unspecified atom stereocenters. The van der Waals surface area contributed by atoms with E-state index < -0.39 is 0 Å². The summed E-state index contributed by atoms with van der Waals surface area (Å²) < 4.78 is 0. The molecule has 1 heterocycles. The van der Waals surface area contributed by atoms with Crippen molar-refractivity contribution in [2.24, 2.45) is 5.73 Å². The van der Waals surface area contributed by atoms with Gasteiger partial charge in [-0.3, -0.25) is 9.69 Å². The molecule has 4 heteroatoms. The summed E-state index contributed by atoms with van der Waals surface area (Å²) in [6, 6.07) is 8.39. The molecule has 0 aliphatic carbocycles. The number of nitrogens with one attached hydrogen (secondary N) is 1. The molecule has 1 aromatic carbocycles. The summed E-state index contributed by atoms with van der Waals surface area (Å²) in [6.07, 6.45) is 0.980. The van der Waals surface area contributed by atoms with Crippen LogP contribution in [0.4, 0.5) is 0 Å². The molecule has 98 valence electrons. The van der Waals surface area contributed by atoms with Crippen molar-refractivity contribution in [3.8, 4) is 0 Å². The molecule has 1 atom stereocenters. The summed E-state index contributed by atoms with van der Waals surface area (Å²) in [5, 5.41) is 2.90. The van der Waals surface area contributed by atoms with E-state index in [1.807, 2.05) is 12.1 Å². The second-order valence-corrected chi connectivity index (χ2v) is 4.78. The Morgan fingerprint density at radius 3 is 2.94 bits per heavy atom. The lowest BCUT2D eigenvalue weighted by Gasteiger charge is -2.30. The highest BCUT2D eigenvalue weighted by atomic mass is 16.2. The lowest BCUT2D eigenvalue weighted by Crippen LogP contribution is -2.39. The van der Waals surface area contributed by atoms with E-state index in [1.165, 1.54) is 11.1 Å². The van der Waals surface area contributed by atoms with Crippen LogP contribution >= 0.6 is 0 Å². The van der Waals surface area contributed by atoms with Gasteiger partial charge in [0.25, 0.3) is 0 Å². The molecule has 1 aromatic rings. The number of rotatable bonds is 3. The Bertz CT molecular complexity index is 419. The lowest BCUT2D eigenvalue weighted by molar-refractivity contribution is -0.121. The molecule has 1 saturated heterocycles. The molecule has 4 nitrogen and oxygen atoms in total. The normalized spacial score (nSPS) is 19.1. The number of benzene rings is 1. The zero-order chi connectivity index (χ0) is 13.0. The van der Waals surface area contributed by atoms with Gasteiger partial charge in [0.2, 0.25) is 5.91 Å². The predicted molar refractivity (Wildman–Crippen MR) is 72.2 cm³/mol. The fourth-order valence-electron chi connectivity index (χ4n) is 2.53. The van der Waals surface area contributed by atoms with Crippen LogP contribution in [0.1, 0.15) is 23.6 Å².